The molecule has 1 saturated heterocycles. The van der Waals surface area contributed by atoms with Crippen molar-refractivity contribution in [1.82, 2.24) is 10.2 Å². The highest BCUT2D eigenvalue weighted by Crippen LogP contribution is 2.20. The number of carbonyl (C=O) groups excluding carboxylic acids is 3. The number of nitrogens with one attached hydrogen (secondary N) is 1. The van der Waals surface area contributed by atoms with Crippen LogP contribution in [0.5, 0.6) is 0 Å². The lowest BCUT2D eigenvalue weighted by molar-refractivity contribution is -0.136. The molecule has 3 amide bonds. The summed E-state index contributed by atoms with van der Waals surface area (Å²) in [6, 6.07) is -0.599. The summed E-state index contributed by atoms with van der Waals surface area (Å²) >= 11 is 1.45. The van der Waals surface area contributed by atoms with Crippen LogP contribution in [-0.2, 0) is 14.3 Å². The van der Waals surface area contributed by atoms with Crippen molar-refractivity contribution < 1.29 is 19.1 Å². The van der Waals surface area contributed by atoms with Gasteiger partial charge in [0.1, 0.15) is 18.2 Å². The van der Waals surface area contributed by atoms with Crippen molar-refractivity contribution in [2.45, 2.75) is 32.4 Å². The molecular formula is C11H19N3O4S. The molecule has 0 saturated carbocycles. The molecule has 1 atom stereocenters. The SMILES string of the molecule is CC(C)(C)OC(=O)NCC(=O)N1CSC[C@H]1C(N)=O. The van der Waals surface area contributed by atoms with E-state index < -0.39 is 23.6 Å². The zero-order valence-corrected chi connectivity index (χ0v) is 12.1. The lowest BCUT2D eigenvalue weighted by Crippen LogP contribution is -2.48. The summed E-state index contributed by atoms with van der Waals surface area (Å²) in [6.07, 6.45) is -0.664. The number of thioether (sulfide) groups is 1. The Hall–Kier alpha value is -1.44. The molecule has 1 fully saturated rings. The first kappa shape index (κ1) is 15.6. The average molecular weight is 289 g/mol. The minimum atomic E-state index is -0.664. The Morgan fingerprint density at radius 1 is 1.42 bits per heavy atom. The minimum absolute atomic E-state index is 0.209. The van der Waals surface area contributed by atoms with Gasteiger partial charge in [0, 0.05) is 5.75 Å². The van der Waals surface area contributed by atoms with E-state index in [1.165, 1.54) is 16.7 Å². The number of rotatable bonds is 3. The molecule has 1 heterocycles. The highest BCUT2D eigenvalue weighted by atomic mass is 32.2. The van der Waals surface area contributed by atoms with Crippen molar-refractivity contribution in [2.24, 2.45) is 5.73 Å². The maximum absolute atomic E-state index is 11.9. The molecule has 1 aliphatic rings. The van der Waals surface area contributed by atoms with Gasteiger partial charge in [0.2, 0.25) is 11.8 Å². The van der Waals surface area contributed by atoms with E-state index in [4.69, 9.17) is 10.5 Å². The van der Waals surface area contributed by atoms with Gasteiger partial charge in [-0.15, -0.1) is 11.8 Å². The van der Waals surface area contributed by atoms with Crippen molar-refractivity contribution in [3.05, 3.63) is 0 Å². The monoisotopic (exact) mass is 289 g/mol. The molecular weight excluding hydrogens is 270 g/mol. The van der Waals surface area contributed by atoms with Crippen LogP contribution in [0.2, 0.25) is 0 Å². The summed E-state index contributed by atoms with van der Waals surface area (Å²) < 4.78 is 5.01. The minimum Gasteiger partial charge on any atom is -0.444 e. The van der Waals surface area contributed by atoms with Crippen molar-refractivity contribution in [3.63, 3.8) is 0 Å². The van der Waals surface area contributed by atoms with Gasteiger partial charge in [-0.3, -0.25) is 9.59 Å². The van der Waals surface area contributed by atoms with Crippen LogP contribution in [0.4, 0.5) is 4.79 Å². The van der Waals surface area contributed by atoms with Gasteiger partial charge in [0.25, 0.3) is 0 Å². The Balaban J connectivity index is 2.43. The Kier molecular flexibility index (Phi) is 5.04. The van der Waals surface area contributed by atoms with Crippen molar-refractivity contribution in [1.29, 1.82) is 0 Å². The van der Waals surface area contributed by atoms with Crippen LogP contribution in [0.15, 0.2) is 0 Å². The van der Waals surface area contributed by atoms with Crippen molar-refractivity contribution in [2.75, 3.05) is 18.2 Å². The highest BCUT2D eigenvalue weighted by molar-refractivity contribution is 7.99. The van der Waals surface area contributed by atoms with Crippen molar-refractivity contribution in [3.8, 4) is 0 Å². The molecule has 0 spiro atoms. The zero-order valence-electron chi connectivity index (χ0n) is 11.3. The van der Waals surface area contributed by atoms with E-state index in [1.807, 2.05) is 0 Å². The van der Waals surface area contributed by atoms with Gasteiger partial charge < -0.3 is 20.7 Å². The molecule has 7 nitrogen and oxygen atoms in total. The van der Waals surface area contributed by atoms with Crippen LogP contribution in [0, 0.1) is 0 Å². The highest BCUT2D eigenvalue weighted by Gasteiger charge is 2.33. The van der Waals surface area contributed by atoms with Crippen LogP contribution in [0.3, 0.4) is 0 Å². The lowest BCUT2D eigenvalue weighted by atomic mass is 10.2. The second-order valence-corrected chi connectivity index (χ2v) is 6.14. The Morgan fingerprint density at radius 2 is 2.05 bits per heavy atom. The zero-order chi connectivity index (χ0) is 14.6. The number of hydrogen-bond acceptors (Lipinski definition) is 5. The van der Waals surface area contributed by atoms with Gasteiger partial charge in [-0.1, -0.05) is 0 Å². The molecule has 0 aromatic rings. The molecule has 0 aromatic carbocycles. The van der Waals surface area contributed by atoms with E-state index in [9.17, 15) is 14.4 Å². The molecule has 0 unspecified atom stereocenters. The van der Waals surface area contributed by atoms with Crippen LogP contribution in [0.1, 0.15) is 20.8 Å². The predicted molar refractivity (Wildman–Crippen MR) is 71.4 cm³/mol. The maximum atomic E-state index is 11.9. The molecule has 1 aliphatic heterocycles. The number of primary amides is 1. The van der Waals surface area contributed by atoms with Gasteiger partial charge in [0.15, 0.2) is 0 Å². The third-order valence-corrected chi connectivity index (χ3v) is 3.33. The smallest absolute Gasteiger partial charge is 0.408 e. The first-order valence-corrected chi connectivity index (χ1v) is 6.99. The molecule has 19 heavy (non-hydrogen) atoms. The van der Waals surface area contributed by atoms with E-state index in [2.05, 4.69) is 5.32 Å². The summed E-state index contributed by atoms with van der Waals surface area (Å²) in [5, 5.41) is 2.36. The molecule has 1 rings (SSSR count). The number of nitrogens with two attached hydrogens (primary N) is 1. The summed E-state index contributed by atoms with van der Waals surface area (Å²) in [7, 11) is 0. The number of ether oxygens (including phenoxy) is 1. The summed E-state index contributed by atoms with van der Waals surface area (Å²) in [5.41, 5.74) is 4.59. The molecule has 3 N–H and O–H groups in total. The summed E-state index contributed by atoms with van der Waals surface area (Å²) in [4.78, 5) is 35.8. The van der Waals surface area contributed by atoms with Gasteiger partial charge in [-0.05, 0) is 20.8 Å². The lowest BCUT2D eigenvalue weighted by Gasteiger charge is -2.22. The molecule has 0 aliphatic carbocycles. The largest absolute Gasteiger partial charge is 0.444 e. The summed E-state index contributed by atoms with van der Waals surface area (Å²) in [6.45, 7) is 4.98. The predicted octanol–water partition coefficient (Wildman–Crippen LogP) is -0.102. The first-order chi connectivity index (χ1) is 8.70. The van der Waals surface area contributed by atoms with Crippen LogP contribution < -0.4 is 11.1 Å². The summed E-state index contributed by atoms with van der Waals surface area (Å²) in [5.74, 6) is 0.0194. The quantitative estimate of drug-likeness (QED) is 0.755. The van der Waals surface area contributed by atoms with Gasteiger partial charge in [0.05, 0.1) is 5.88 Å². The van der Waals surface area contributed by atoms with Crippen LogP contribution in [0.25, 0.3) is 0 Å². The van der Waals surface area contributed by atoms with Gasteiger partial charge >= 0.3 is 6.09 Å². The average Bonchev–Trinajstić information content (AvgIpc) is 2.72. The van der Waals surface area contributed by atoms with Crippen LogP contribution >= 0.6 is 11.8 Å². The van der Waals surface area contributed by atoms with Crippen molar-refractivity contribution >= 4 is 29.7 Å². The molecule has 108 valence electrons. The second-order valence-electron chi connectivity index (χ2n) is 5.14. The third-order valence-electron chi connectivity index (χ3n) is 2.31. The number of amides is 3. The standard InChI is InChI=1S/C11H19N3O4S/c1-11(2,3)18-10(17)13-4-8(15)14-6-19-5-7(14)9(12)16/h7H,4-6H2,1-3H3,(H2,12,16)(H,13,17)/t7-/m0/s1. The second kappa shape index (κ2) is 6.14. The fourth-order valence-electron chi connectivity index (χ4n) is 1.49. The van der Waals surface area contributed by atoms with E-state index in [1.54, 1.807) is 20.8 Å². The van der Waals surface area contributed by atoms with E-state index in [0.29, 0.717) is 11.6 Å². The topological polar surface area (TPSA) is 102 Å². The fraction of sp³-hybridized carbons (Fsp3) is 0.727. The number of nitrogens with zero attached hydrogens (tertiary/aromatic N) is 1. The molecule has 0 bridgehead atoms. The number of hydrogen-bond donors (Lipinski definition) is 2. The Bertz CT molecular complexity index is 381. The van der Waals surface area contributed by atoms with Gasteiger partial charge in [-0.2, -0.15) is 0 Å². The molecule has 0 aromatic heterocycles. The normalized spacial score (nSPS) is 19.1. The number of carbonyl (C=O) groups is 3. The molecule has 8 heteroatoms. The maximum Gasteiger partial charge on any atom is 0.408 e. The Morgan fingerprint density at radius 3 is 2.58 bits per heavy atom. The van der Waals surface area contributed by atoms with E-state index in [-0.39, 0.29) is 12.5 Å². The van der Waals surface area contributed by atoms with E-state index >= 15 is 0 Å². The van der Waals surface area contributed by atoms with Crippen LogP contribution in [-0.4, -0.2) is 52.6 Å². The number of alkyl carbamates (subject to hydrolysis) is 1. The Labute approximate surface area is 116 Å². The van der Waals surface area contributed by atoms with Gasteiger partial charge in [-0.25, -0.2) is 4.79 Å². The fourth-order valence-corrected chi connectivity index (χ4v) is 2.68. The molecule has 0 radical (unpaired) electrons. The first-order valence-electron chi connectivity index (χ1n) is 5.84. The third kappa shape index (κ3) is 4.98. The van der Waals surface area contributed by atoms with E-state index in [0.717, 1.165) is 0 Å².